The molecule has 0 fully saturated rings. The Bertz CT molecular complexity index is 1590. The molecular weight excluding hydrogens is 500 g/mol. The second-order valence-electron chi connectivity index (χ2n) is 11.0. The number of nitrogens with one attached hydrogen (secondary N) is 1. The van der Waals surface area contributed by atoms with Gasteiger partial charge in [0, 0.05) is 29.2 Å². The van der Waals surface area contributed by atoms with Crippen LogP contribution in [-0.2, 0) is 5.41 Å². The molecular formula is C34H30N2O4. The number of esters is 1. The summed E-state index contributed by atoms with van der Waals surface area (Å²) in [5.74, 6) is 0.503. The van der Waals surface area contributed by atoms with Crippen molar-refractivity contribution in [1.29, 1.82) is 0 Å². The Balaban J connectivity index is 1.20. The number of hydrogen-bond acceptors (Lipinski definition) is 5. The van der Waals surface area contributed by atoms with E-state index < -0.39 is 5.97 Å². The Morgan fingerprint density at radius 1 is 0.925 bits per heavy atom. The molecule has 0 spiro atoms. The van der Waals surface area contributed by atoms with Crippen molar-refractivity contribution in [2.75, 3.05) is 5.32 Å². The summed E-state index contributed by atoms with van der Waals surface area (Å²) in [6.45, 7) is 4.36. The first-order valence-electron chi connectivity index (χ1n) is 13.5. The number of nitro groups is 1. The molecule has 6 nitrogen and oxygen atoms in total. The SMILES string of the molecule is CC(C)(c1ccccc1)c1ccc(OC(=O)c2ccc3c(c2)C2C=CCC2C(c2ccc([N+](=O)[O-])cc2)N3)cc1. The number of anilines is 1. The molecule has 6 rings (SSSR count). The Hall–Kier alpha value is -4.71. The van der Waals surface area contributed by atoms with E-state index in [0.29, 0.717) is 11.3 Å². The van der Waals surface area contributed by atoms with Crippen molar-refractivity contribution < 1.29 is 14.5 Å². The molecule has 6 heteroatoms. The van der Waals surface area contributed by atoms with E-state index in [9.17, 15) is 14.9 Å². The largest absolute Gasteiger partial charge is 0.423 e. The van der Waals surface area contributed by atoms with Crippen LogP contribution in [0.2, 0.25) is 0 Å². The topological polar surface area (TPSA) is 81.5 Å². The van der Waals surface area contributed by atoms with Crippen LogP contribution in [0.4, 0.5) is 11.4 Å². The number of carbonyl (C=O) groups excluding carboxylic acids is 1. The van der Waals surface area contributed by atoms with Crippen molar-refractivity contribution in [1.82, 2.24) is 0 Å². The third-order valence-electron chi connectivity index (χ3n) is 8.34. The van der Waals surface area contributed by atoms with Gasteiger partial charge in [-0.25, -0.2) is 4.79 Å². The van der Waals surface area contributed by atoms with Gasteiger partial charge in [0.15, 0.2) is 0 Å². The van der Waals surface area contributed by atoms with Crippen molar-refractivity contribution >= 4 is 17.3 Å². The van der Waals surface area contributed by atoms with E-state index in [-0.39, 0.29) is 33.9 Å². The molecule has 1 aliphatic heterocycles. The number of rotatable bonds is 6. The molecule has 40 heavy (non-hydrogen) atoms. The van der Waals surface area contributed by atoms with Gasteiger partial charge in [0.25, 0.3) is 5.69 Å². The van der Waals surface area contributed by atoms with Crippen LogP contribution in [0, 0.1) is 16.0 Å². The first-order valence-corrected chi connectivity index (χ1v) is 13.5. The van der Waals surface area contributed by atoms with Gasteiger partial charge < -0.3 is 10.1 Å². The highest BCUT2D eigenvalue weighted by molar-refractivity contribution is 5.92. The van der Waals surface area contributed by atoms with E-state index in [1.165, 1.54) is 5.56 Å². The fourth-order valence-corrected chi connectivity index (χ4v) is 5.98. The lowest BCUT2D eigenvalue weighted by molar-refractivity contribution is -0.384. The third-order valence-corrected chi connectivity index (χ3v) is 8.34. The molecule has 3 unspecified atom stereocenters. The fourth-order valence-electron chi connectivity index (χ4n) is 5.98. The number of nitro benzene ring substituents is 1. The maximum Gasteiger partial charge on any atom is 0.343 e. The molecule has 4 aromatic rings. The Morgan fingerprint density at radius 3 is 2.33 bits per heavy atom. The predicted octanol–water partition coefficient (Wildman–Crippen LogP) is 7.97. The summed E-state index contributed by atoms with van der Waals surface area (Å²) in [6.07, 6.45) is 5.26. The Labute approximate surface area is 233 Å². The Kier molecular flexibility index (Phi) is 6.46. The van der Waals surface area contributed by atoms with E-state index in [2.05, 4.69) is 43.4 Å². The number of allylic oxidation sites excluding steroid dienone is 2. The zero-order valence-electron chi connectivity index (χ0n) is 22.4. The lowest BCUT2D eigenvalue weighted by atomic mass is 9.76. The van der Waals surface area contributed by atoms with Crippen molar-refractivity contribution in [2.45, 2.75) is 37.6 Å². The van der Waals surface area contributed by atoms with Gasteiger partial charge in [-0.1, -0.05) is 80.6 Å². The Morgan fingerprint density at radius 2 is 1.62 bits per heavy atom. The number of carbonyl (C=O) groups is 1. The predicted molar refractivity (Wildman–Crippen MR) is 156 cm³/mol. The normalized spacial score (nSPS) is 19.3. The molecule has 0 amide bonds. The lowest BCUT2D eigenvalue weighted by Gasteiger charge is -2.37. The van der Waals surface area contributed by atoms with Crippen LogP contribution in [0.1, 0.15) is 64.8 Å². The van der Waals surface area contributed by atoms with Crippen LogP contribution in [0.25, 0.3) is 0 Å². The molecule has 1 aliphatic carbocycles. The van der Waals surface area contributed by atoms with Gasteiger partial charge in [-0.3, -0.25) is 10.1 Å². The van der Waals surface area contributed by atoms with Crippen LogP contribution < -0.4 is 10.1 Å². The summed E-state index contributed by atoms with van der Waals surface area (Å²) in [5.41, 5.74) is 5.80. The number of nitrogens with zero attached hydrogens (tertiary/aromatic N) is 1. The monoisotopic (exact) mass is 530 g/mol. The lowest BCUT2D eigenvalue weighted by Crippen LogP contribution is -2.29. The summed E-state index contributed by atoms with van der Waals surface area (Å²) >= 11 is 0. The van der Waals surface area contributed by atoms with E-state index in [1.54, 1.807) is 18.2 Å². The summed E-state index contributed by atoms with van der Waals surface area (Å²) in [4.78, 5) is 23.9. The summed E-state index contributed by atoms with van der Waals surface area (Å²) in [6, 6.07) is 30.5. The molecule has 1 N–H and O–H groups in total. The molecule has 3 atom stereocenters. The van der Waals surface area contributed by atoms with E-state index >= 15 is 0 Å². The molecule has 0 radical (unpaired) electrons. The molecule has 2 aliphatic rings. The number of fused-ring (bicyclic) bond motifs is 3. The minimum atomic E-state index is -0.395. The molecule has 200 valence electrons. The zero-order chi connectivity index (χ0) is 27.9. The van der Waals surface area contributed by atoms with E-state index in [1.807, 2.05) is 66.7 Å². The maximum atomic E-state index is 13.2. The van der Waals surface area contributed by atoms with Crippen molar-refractivity contribution in [3.63, 3.8) is 0 Å². The third kappa shape index (κ3) is 4.66. The van der Waals surface area contributed by atoms with Crippen LogP contribution in [-0.4, -0.2) is 10.9 Å². The van der Waals surface area contributed by atoms with Gasteiger partial charge in [-0.15, -0.1) is 0 Å². The van der Waals surface area contributed by atoms with Gasteiger partial charge in [0.1, 0.15) is 5.75 Å². The maximum absolute atomic E-state index is 13.2. The second-order valence-corrected chi connectivity index (χ2v) is 11.0. The van der Waals surface area contributed by atoms with Crippen LogP contribution in [0.3, 0.4) is 0 Å². The quantitative estimate of drug-likeness (QED) is 0.0899. The van der Waals surface area contributed by atoms with Gasteiger partial charge in [0.05, 0.1) is 16.5 Å². The average molecular weight is 531 g/mol. The van der Waals surface area contributed by atoms with Gasteiger partial charge in [0.2, 0.25) is 0 Å². The van der Waals surface area contributed by atoms with Crippen molar-refractivity contribution in [3.05, 3.63) is 147 Å². The minimum Gasteiger partial charge on any atom is -0.423 e. The number of benzene rings is 4. The molecule has 0 saturated carbocycles. The van der Waals surface area contributed by atoms with Gasteiger partial charge in [-0.05, 0) is 64.9 Å². The average Bonchev–Trinajstić information content (AvgIpc) is 3.48. The molecule has 0 aromatic heterocycles. The highest BCUT2D eigenvalue weighted by Crippen LogP contribution is 2.50. The minimum absolute atomic E-state index is 0.0183. The van der Waals surface area contributed by atoms with Crippen molar-refractivity contribution in [3.8, 4) is 5.75 Å². The first kappa shape index (κ1) is 25.6. The summed E-state index contributed by atoms with van der Waals surface area (Å²) in [7, 11) is 0. The smallest absolute Gasteiger partial charge is 0.343 e. The van der Waals surface area contributed by atoms with E-state index in [4.69, 9.17) is 4.74 Å². The van der Waals surface area contributed by atoms with Crippen LogP contribution in [0.5, 0.6) is 5.75 Å². The van der Waals surface area contributed by atoms with Crippen LogP contribution >= 0.6 is 0 Å². The first-order chi connectivity index (χ1) is 19.3. The van der Waals surface area contributed by atoms with Gasteiger partial charge >= 0.3 is 5.97 Å². The highest BCUT2D eigenvalue weighted by Gasteiger charge is 2.38. The number of non-ortho nitro benzene ring substituents is 1. The van der Waals surface area contributed by atoms with E-state index in [0.717, 1.165) is 28.8 Å². The zero-order valence-corrected chi connectivity index (χ0v) is 22.4. The molecule has 0 saturated heterocycles. The molecule has 0 bridgehead atoms. The van der Waals surface area contributed by atoms with Gasteiger partial charge in [-0.2, -0.15) is 0 Å². The fraction of sp³-hybridized carbons (Fsp3) is 0.206. The van der Waals surface area contributed by atoms with Crippen molar-refractivity contribution in [2.24, 2.45) is 5.92 Å². The number of hydrogen-bond donors (Lipinski definition) is 1. The van der Waals surface area contributed by atoms with Crippen LogP contribution in [0.15, 0.2) is 109 Å². The molecule has 1 heterocycles. The summed E-state index contributed by atoms with van der Waals surface area (Å²) in [5, 5.41) is 14.7. The second kappa shape index (κ2) is 10.1. The number of ether oxygens (including phenoxy) is 1. The standard InChI is InChI=1S/C34H30N2O4/c1-34(2,24-7-4-3-5-8-24)25-14-18-27(19-15-25)40-33(37)23-13-20-31-30(21-23)28-9-6-10-29(28)32(35-31)22-11-16-26(17-12-22)36(38)39/h3-9,11-21,28-29,32,35H,10H2,1-2H3. The molecule has 4 aromatic carbocycles. The highest BCUT2D eigenvalue weighted by atomic mass is 16.6. The summed E-state index contributed by atoms with van der Waals surface area (Å²) < 4.78 is 5.76.